The molecule has 0 atom stereocenters. The zero-order valence-corrected chi connectivity index (χ0v) is 13.7. The van der Waals surface area contributed by atoms with E-state index in [2.05, 4.69) is 25.8 Å². The molecule has 0 unspecified atom stereocenters. The molecule has 0 heterocycles. The Morgan fingerprint density at radius 2 is 2.00 bits per heavy atom. The predicted octanol–water partition coefficient (Wildman–Crippen LogP) is 4.74. The van der Waals surface area contributed by atoms with Crippen LogP contribution in [0.25, 0.3) is 0 Å². The second-order valence-electron chi connectivity index (χ2n) is 6.71. The van der Waals surface area contributed by atoms with E-state index in [0.717, 1.165) is 18.5 Å². The molecule has 4 nitrogen and oxygen atoms in total. The number of rotatable bonds is 4. The van der Waals surface area contributed by atoms with Crippen molar-refractivity contribution in [3.05, 3.63) is 33.9 Å². The van der Waals surface area contributed by atoms with Crippen LogP contribution < -0.4 is 4.90 Å². The molecule has 0 radical (unpaired) electrons. The van der Waals surface area contributed by atoms with Crippen LogP contribution in [0, 0.1) is 15.5 Å². The first-order chi connectivity index (χ1) is 9.84. The molecule has 0 aliphatic heterocycles. The minimum atomic E-state index is -0.370. The molecule has 1 aliphatic rings. The number of nitro groups is 1. The van der Waals surface area contributed by atoms with Crippen LogP contribution in [0.3, 0.4) is 0 Å². The smallest absolute Gasteiger partial charge is 0.273 e. The minimum Gasteiger partial charge on any atom is -0.372 e. The van der Waals surface area contributed by atoms with E-state index in [0.29, 0.717) is 17.0 Å². The molecule has 5 heteroatoms. The van der Waals surface area contributed by atoms with Crippen molar-refractivity contribution in [3.8, 4) is 0 Å². The van der Waals surface area contributed by atoms with Crippen molar-refractivity contribution < 1.29 is 4.92 Å². The molecule has 21 heavy (non-hydrogen) atoms. The molecule has 0 amide bonds. The number of benzene rings is 1. The Bertz CT molecular complexity index is 521. The van der Waals surface area contributed by atoms with Crippen LogP contribution in [-0.2, 0) is 5.88 Å². The first-order valence-electron chi connectivity index (χ1n) is 7.40. The monoisotopic (exact) mass is 310 g/mol. The van der Waals surface area contributed by atoms with E-state index in [4.69, 9.17) is 11.6 Å². The third-order valence-electron chi connectivity index (χ3n) is 4.67. The summed E-state index contributed by atoms with van der Waals surface area (Å²) >= 11 is 5.85. The minimum absolute atomic E-state index is 0.104. The van der Waals surface area contributed by atoms with Crippen molar-refractivity contribution in [2.24, 2.45) is 5.41 Å². The van der Waals surface area contributed by atoms with Crippen molar-refractivity contribution in [2.45, 2.75) is 51.5 Å². The van der Waals surface area contributed by atoms with E-state index in [1.54, 1.807) is 6.07 Å². The average Bonchev–Trinajstić information content (AvgIpc) is 2.45. The maximum absolute atomic E-state index is 11.0. The topological polar surface area (TPSA) is 46.4 Å². The fraction of sp³-hybridized carbons (Fsp3) is 0.625. The average molecular weight is 311 g/mol. The second kappa shape index (κ2) is 6.22. The lowest BCUT2D eigenvalue weighted by Gasteiger charge is -2.39. The lowest BCUT2D eigenvalue weighted by Crippen LogP contribution is -2.37. The largest absolute Gasteiger partial charge is 0.372 e. The highest BCUT2D eigenvalue weighted by molar-refractivity contribution is 6.17. The van der Waals surface area contributed by atoms with Gasteiger partial charge in [0.05, 0.1) is 10.8 Å². The molecule has 1 saturated carbocycles. The summed E-state index contributed by atoms with van der Waals surface area (Å²) in [7, 11) is 2.07. The highest BCUT2D eigenvalue weighted by atomic mass is 35.5. The third-order valence-corrected chi connectivity index (χ3v) is 4.96. The standard InChI is InChI=1S/C16H23ClN2O2/c1-16(2)8-6-13(7-9-16)18(3)14-4-5-15(19(20)21)12(10-14)11-17/h4-5,10,13H,6-9,11H2,1-3H3. The van der Waals surface area contributed by atoms with E-state index in [9.17, 15) is 10.1 Å². The summed E-state index contributed by atoms with van der Waals surface area (Å²) in [6.45, 7) is 4.64. The summed E-state index contributed by atoms with van der Waals surface area (Å²) in [6, 6.07) is 5.75. The van der Waals surface area contributed by atoms with Crippen LogP contribution in [-0.4, -0.2) is 18.0 Å². The molecule has 0 bridgehead atoms. The van der Waals surface area contributed by atoms with Crippen LogP contribution in [0.15, 0.2) is 18.2 Å². The number of nitro benzene ring substituents is 1. The van der Waals surface area contributed by atoms with Gasteiger partial charge in [-0.25, -0.2) is 0 Å². The third kappa shape index (κ3) is 3.67. The Hall–Kier alpha value is -1.29. The number of halogens is 1. The summed E-state index contributed by atoms with van der Waals surface area (Å²) in [5, 5.41) is 11.0. The molecule has 1 fully saturated rings. The molecule has 2 rings (SSSR count). The van der Waals surface area contributed by atoms with E-state index in [1.165, 1.54) is 12.8 Å². The van der Waals surface area contributed by atoms with Gasteiger partial charge in [0.1, 0.15) is 0 Å². The van der Waals surface area contributed by atoms with E-state index >= 15 is 0 Å². The maximum atomic E-state index is 11.0. The van der Waals surface area contributed by atoms with Crippen molar-refractivity contribution in [3.63, 3.8) is 0 Å². The van der Waals surface area contributed by atoms with Crippen LogP contribution in [0.5, 0.6) is 0 Å². The fourth-order valence-corrected chi connectivity index (χ4v) is 3.27. The molecule has 116 valence electrons. The van der Waals surface area contributed by atoms with Crippen molar-refractivity contribution in [1.82, 2.24) is 0 Å². The number of hydrogen-bond donors (Lipinski definition) is 0. The highest BCUT2D eigenvalue weighted by Crippen LogP contribution is 2.38. The Balaban J connectivity index is 2.16. The molecule has 0 N–H and O–H groups in total. The SMILES string of the molecule is CN(c1ccc([N+](=O)[O-])c(CCl)c1)C1CCC(C)(C)CC1. The van der Waals surface area contributed by atoms with Gasteiger partial charge in [-0.1, -0.05) is 13.8 Å². The van der Waals surface area contributed by atoms with Gasteiger partial charge < -0.3 is 4.90 Å². The summed E-state index contributed by atoms with van der Waals surface area (Å²) < 4.78 is 0. The maximum Gasteiger partial charge on any atom is 0.273 e. The lowest BCUT2D eigenvalue weighted by atomic mass is 9.75. The van der Waals surface area contributed by atoms with Gasteiger partial charge >= 0.3 is 0 Å². The van der Waals surface area contributed by atoms with Gasteiger partial charge in [0.2, 0.25) is 0 Å². The molecule has 0 saturated heterocycles. The van der Waals surface area contributed by atoms with Gasteiger partial charge in [0, 0.05) is 30.4 Å². The van der Waals surface area contributed by atoms with Crippen molar-refractivity contribution in [2.75, 3.05) is 11.9 Å². The van der Waals surface area contributed by atoms with Crippen molar-refractivity contribution in [1.29, 1.82) is 0 Å². The summed E-state index contributed by atoms with van der Waals surface area (Å²) in [5.74, 6) is 0.162. The summed E-state index contributed by atoms with van der Waals surface area (Å²) in [5.41, 5.74) is 2.14. The first kappa shape index (κ1) is 16.1. The van der Waals surface area contributed by atoms with Crippen LogP contribution in [0.1, 0.15) is 45.1 Å². The first-order valence-corrected chi connectivity index (χ1v) is 7.93. The number of alkyl halides is 1. The van der Waals surface area contributed by atoms with E-state index in [-0.39, 0.29) is 16.5 Å². The summed E-state index contributed by atoms with van der Waals surface area (Å²) in [4.78, 5) is 12.8. The second-order valence-corrected chi connectivity index (χ2v) is 6.98. The quantitative estimate of drug-likeness (QED) is 0.458. The Labute approximate surface area is 131 Å². The van der Waals surface area contributed by atoms with Gasteiger partial charge in [-0.15, -0.1) is 11.6 Å². The number of nitrogens with zero attached hydrogens (tertiary/aromatic N) is 2. The predicted molar refractivity (Wildman–Crippen MR) is 87.1 cm³/mol. The molecular weight excluding hydrogens is 288 g/mol. The van der Waals surface area contributed by atoms with E-state index in [1.807, 2.05) is 12.1 Å². The van der Waals surface area contributed by atoms with Crippen LogP contribution in [0.4, 0.5) is 11.4 Å². The Kier molecular flexibility index (Phi) is 4.77. The summed E-state index contributed by atoms with van der Waals surface area (Å²) in [6.07, 6.45) is 4.77. The zero-order valence-electron chi connectivity index (χ0n) is 12.9. The molecule has 1 aromatic rings. The molecule has 1 aromatic carbocycles. The van der Waals surface area contributed by atoms with Gasteiger partial charge in [0.25, 0.3) is 5.69 Å². The Morgan fingerprint density at radius 3 is 2.52 bits per heavy atom. The van der Waals surface area contributed by atoms with Gasteiger partial charge in [-0.3, -0.25) is 10.1 Å². The number of hydrogen-bond acceptors (Lipinski definition) is 3. The molecule has 0 aromatic heterocycles. The number of anilines is 1. The van der Waals surface area contributed by atoms with Gasteiger partial charge in [0.15, 0.2) is 0 Å². The molecule has 1 aliphatic carbocycles. The molecule has 0 spiro atoms. The highest BCUT2D eigenvalue weighted by Gasteiger charge is 2.29. The van der Waals surface area contributed by atoms with Crippen LogP contribution in [0.2, 0.25) is 0 Å². The van der Waals surface area contributed by atoms with Crippen LogP contribution >= 0.6 is 11.6 Å². The fourth-order valence-electron chi connectivity index (χ4n) is 3.06. The zero-order chi connectivity index (χ0) is 15.6. The van der Waals surface area contributed by atoms with Crippen molar-refractivity contribution >= 4 is 23.0 Å². The van der Waals surface area contributed by atoms with Gasteiger partial charge in [-0.05, 0) is 43.2 Å². The normalized spacial score (nSPS) is 18.5. The van der Waals surface area contributed by atoms with E-state index < -0.39 is 0 Å². The Morgan fingerprint density at radius 1 is 1.38 bits per heavy atom. The lowest BCUT2D eigenvalue weighted by molar-refractivity contribution is -0.385. The molecular formula is C16H23ClN2O2. The van der Waals surface area contributed by atoms with Gasteiger partial charge in [-0.2, -0.15) is 0 Å².